The van der Waals surface area contributed by atoms with Crippen molar-refractivity contribution in [3.63, 3.8) is 0 Å². The maximum atomic E-state index is 11.4. The standard InChI is InChI=1S/C13H15N3OS/c1-8(13-15-5-6-18-13)16-10-3-4-12(14)11(7-10)9(2)17/h3-8,16H,14H2,1-2H3. The molecule has 1 aromatic heterocycles. The van der Waals surface area contributed by atoms with Gasteiger partial charge in [-0.2, -0.15) is 0 Å². The number of carbonyl (C=O) groups is 1. The number of rotatable bonds is 4. The Labute approximate surface area is 110 Å². The summed E-state index contributed by atoms with van der Waals surface area (Å²) in [6.07, 6.45) is 1.78. The lowest BCUT2D eigenvalue weighted by atomic mass is 10.1. The van der Waals surface area contributed by atoms with Crippen LogP contribution in [0, 0.1) is 0 Å². The predicted octanol–water partition coefficient (Wildman–Crippen LogP) is 3.10. The first-order chi connectivity index (χ1) is 8.58. The van der Waals surface area contributed by atoms with E-state index in [9.17, 15) is 4.79 Å². The first-order valence-corrected chi connectivity index (χ1v) is 6.52. The summed E-state index contributed by atoms with van der Waals surface area (Å²) < 4.78 is 0. The Bertz CT molecular complexity index is 551. The molecule has 1 atom stereocenters. The number of nitrogen functional groups attached to an aromatic ring is 1. The molecule has 1 heterocycles. The average molecular weight is 261 g/mol. The van der Waals surface area contributed by atoms with E-state index >= 15 is 0 Å². The van der Waals surface area contributed by atoms with E-state index in [1.807, 2.05) is 18.4 Å². The van der Waals surface area contributed by atoms with Crippen LogP contribution in [0.4, 0.5) is 11.4 Å². The number of nitrogens with one attached hydrogen (secondary N) is 1. The molecule has 1 aromatic carbocycles. The lowest BCUT2D eigenvalue weighted by Crippen LogP contribution is -2.08. The minimum atomic E-state index is -0.0296. The molecule has 0 amide bonds. The van der Waals surface area contributed by atoms with E-state index in [0.29, 0.717) is 11.3 Å². The lowest BCUT2D eigenvalue weighted by molar-refractivity contribution is 0.101. The van der Waals surface area contributed by atoms with Gasteiger partial charge in [0.1, 0.15) is 5.01 Å². The molecule has 0 radical (unpaired) electrons. The Morgan fingerprint density at radius 2 is 2.28 bits per heavy atom. The topological polar surface area (TPSA) is 68.0 Å². The van der Waals surface area contributed by atoms with Crippen LogP contribution in [-0.4, -0.2) is 10.8 Å². The molecular weight excluding hydrogens is 246 g/mol. The fraction of sp³-hybridized carbons (Fsp3) is 0.231. The van der Waals surface area contributed by atoms with Gasteiger partial charge in [0.25, 0.3) is 0 Å². The number of carbonyl (C=O) groups excluding carboxylic acids is 1. The number of aromatic nitrogens is 1. The molecule has 0 bridgehead atoms. The largest absolute Gasteiger partial charge is 0.398 e. The molecule has 2 aromatic rings. The molecule has 0 aliphatic heterocycles. The summed E-state index contributed by atoms with van der Waals surface area (Å²) in [6.45, 7) is 3.54. The molecule has 0 aliphatic rings. The van der Waals surface area contributed by atoms with Crippen molar-refractivity contribution in [2.75, 3.05) is 11.1 Å². The van der Waals surface area contributed by atoms with Crippen LogP contribution in [0.25, 0.3) is 0 Å². The highest BCUT2D eigenvalue weighted by Crippen LogP contribution is 2.24. The van der Waals surface area contributed by atoms with Crippen LogP contribution in [0.1, 0.15) is 35.3 Å². The SMILES string of the molecule is CC(=O)c1cc(NC(C)c2nccs2)ccc1N. The summed E-state index contributed by atoms with van der Waals surface area (Å²) in [5, 5.41) is 6.26. The monoisotopic (exact) mass is 261 g/mol. The first-order valence-electron chi connectivity index (χ1n) is 5.64. The smallest absolute Gasteiger partial charge is 0.161 e. The van der Waals surface area contributed by atoms with Crippen LogP contribution in [0.15, 0.2) is 29.8 Å². The van der Waals surface area contributed by atoms with Gasteiger partial charge in [-0.25, -0.2) is 4.98 Å². The van der Waals surface area contributed by atoms with Crippen LogP contribution in [0.5, 0.6) is 0 Å². The highest BCUT2D eigenvalue weighted by molar-refractivity contribution is 7.09. The van der Waals surface area contributed by atoms with Gasteiger partial charge in [-0.1, -0.05) is 0 Å². The average Bonchev–Trinajstić information content (AvgIpc) is 2.85. The Balaban J connectivity index is 2.20. The molecule has 0 aliphatic carbocycles. The highest BCUT2D eigenvalue weighted by atomic mass is 32.1. The molecule has 0 spiro atoms. The molecular formula is C13H15N3OS. The van der Waals surface area contributed by atoms with Crippen LogP contribution in [0.2, 0.25) is 0 Å². The van der Waals surface area contributed by atoms with Crippen molar-refractivity contribution in [2.45, 2.75) is 19.9 Å². The van der Waals surface area contributed by atoms with Crippen LogP contribution < -0.4 is 11.1 Å². The van der Waals surface area contributed by atoms with Crippen LogP contribution in [-0.2, 0) is 0 Å². The zero-order valence-corrected chi connectivity index (χ0v) is 11.1. The summed E-state index contributed by atoms with van der Waals surface area (Å²) in [4.78, 5) is 15.7. The van der Waals surface area contributed by atoms with Crippen molar-refractivity contribution >= 4 is 28.5 Å². The molecule has 0 saturated carbocycles. The van der Waals surface area contributed by atoms with Gasteiger partial charge in [0.15, 0.2) is 5.78 Å². The van der Waals surface area contributed by atoms with Gasteiger partial charge in [0, 0.05) is 28.5 Å². The second-order valence-corrected chi connectivity index (χ2v) is 5.02. The summed E-state index contributed by atoms with van der Waals surface area (Å²) in [5.41, 5.74) is 7.69. The van der Waals surface area contributed by atoms with E-state index in [1.54, 1.807) is 29.7 Å². The van der Waals surface area contributed by atoms with E-state index in [0.717, 1.165) is 10.7 Å². The number of nitrogens with two attached hydrogens (primary N) is 1. The van der Waals surface area contributed by atoms with Crippen molar-refractivity contribution in [2.24, 2.45) is 0 Å². The van der Waals surface area contributed by atoms with Gasteiger partial charge in [-0.15, -0.1) is 11.3 Å². The van der Waals surface area contributed by atoms with Crippen molar-refractivity contribution in [1.82, 2.24) is 4.98 Å². The highest BCUT2D eigenvalue weighted by Gasteiger charge is 2.10. The van der Waals surface area contributed by atoms with E-state index < -0.39 is 0 Å². The summed E-state index contributed by atoms with van der Waals surface area (Å²) >= 11 is 1.60. The van der Waals surface area contributed by atoms with Crippen LogP contribution >= 0.6 is 11.3 Å². The molecule has 0 saturated heterocycles. The number of Topliss-reactive ketones (excluding diaryl/α,β-unsaturated/α-hetero) is 1. The normalized spacial score (nSPS) is 12.1. The van der Waals surface area contributed by atoms with Gasteiger partial charge >= 0.3 is 0 Å². The molecule has 4 nitrogen and oxygen atoms in total. The zero-order chi connectivity index (χ0) is 13.1. The third-order valence-corrected chi connectivity index (χ3v) is 3.60. The zero-order valence-electron chi connectivity index (χ0n) is 10.3. The first kappa shape index (κ1) is 12.6. The third-order valence-electron chi connectivity index (χ3n) is 2.64. The van der Waals surface area contributed by atoms with Crippen molar-refractivity contribution < 1.29 is 4.79 Å². The Morgan fingerprint density at radius 1 is 1.50 bits per heavy atom. The Morgan fingerprint density at radius 3 is 2.89 bits per heavy atom. The van der Waals surface area contributed by atoms with Gasteiger partial charge in [-0.3, -0.25) is 4.79 Å². The van der Waals surface area contributed by atoms with E-state index in [1.165, 1.54) is 6.92 Å². The van der Waals surface area contributed by atoms with Crippen LogP contribution in [0.3, 0.4) is 0 Å². The molecule has 2 rings (SSSR count). The minimum absolute atomic E-state index is 0.0296. The van der Waals surface area contributed by atoms with E-state index in [2.05, 4.69) is 10.3 Å². The number of ketones is 1. The van der Waals surface area contributed by atoms with E-state index in [-0.39, 0.29) is 11.8 Å². The molecule has 1 unspecified atom stereocenters. The Hall–Kier alpha value is -1.88. The third kappa shape index (κ3) is 2.68. The molecule has 94 valence electrons. The molecule has 18 heavy (non-hydrogen) atoms. The van der Waals surface area contributed by atoms with Crippen molar-refractivity contribution in [3.05, 3.63) is 40.3 Å². The predicted molar refractivity (Wildman–Crippen MR) is 75.0 cm³/mol. The maximum Gasteiger partial charge on any atom is 0.161 e. The molecule has 0 fully saturated rings. The molecule has 3 N–H and O–H groups in total. The quantitative estimate of drug-likeness (QED) is 0.655. The van der Waals surface area contributed by atoms with Crippen molar-refractivity contribution in [1.29, 1.82) is 0 Å². The second-order valence-electron chi connectivity index (χ2n) is 4.09. The van der Waals surface area contributed by atoms with Gasteiger partial charge in [0.05, 0.1) is 6.04 Å². The molecule has 5 heteroatoms. The van der Waals surface area contributed by atoms with E-state index in [4.69, 9.17) is 5.73 Å². The van der Waals surface area contributed by atoms with Crippen molar-refractivity contribution in [3.8, 4) is 0 Å². The van der Waals surface area contributed by atoms with Gasteiger partial charge < -0.3 is 11.1 Å². The number of benzene rings is 1. The van der Waals surface area contributed by atoms with Gasteiger partial charge in [-0.05, 0) is 32.0 Å². The fourth-order valence-corrected chi connectivity index (χ4v) is 2.36. The summed E-state index contributed by atoms with van der Waals surface area (Å²) in [5.74, 6) is -0.0296. The summed E-state index contributed by atoms with van der Waals surface area (Å²) in [7, 11) is 0. The lowest BCUT2D eigenvalue weighted by Gasteiger charge is -2.14. The number of hydrogen-bond acceptors (Lipinski definition) is 5. The number of nitrogens with zero attached hydrogens (tertiary/aromatic N) is 1. The maximum absolute atomic E-state index is 11.4. The summed E-state index contributed by atoms with van der Waals surface area (Å²) in [6, 6.07) is 5.50. The minimum Gasteiger partial charge on any atom is -0.398 e. The fourth-order valence-electron chi connectivity index (χ4n) is 1.71. The van der Waals surface area contributed by atoms with Gasteiger partial charge in [0.2, 0.25) is 0 Å². The number of thiazole rings is 1. The number of anilines is 2. The second kappa shape index (κ2) is 5.18. The number of hydrogen-bond donors (Lipinski definition) is 2. The Kier molecular flexibility index (Phi) is 3.62.